The number of nitrogens with one attached hydrogen (secondary N) is 1. The summed E-state index contributed by atoms with van der Waals surface area (Å²) in [5.74, 6) is 0.0816. The third-order valence-electron chi connectivity index (χ3n) is 6.21. The lowest BCUT2D eigenvalue weighted by Crippen LogP contribution is -2.16. The number of nitrogens with zero attached hydrogens (tertiary/aromatic N) is 2. The van der Waals surface area contributed by atoms with E-state index in [1.807, 2.05) is 18.5 Å². The summed E-state index contributed by atoms with van der Waals surface area (Å²) in [5, 5.41) is 7.69. The van der Waals surface area contributed by atoms with Gasteiger partial charge in [-0.25, -0.2) is 4.39 Å². The Morgan fingerprint density at radius 1 is 1.10 bits per heavy atom. The van der Waals surface area contributed by atoms with Gasteiger partial charge in [0.15, 0.2) is 0 Å². The van der Waals surface area contributed by atoms with Crippen LogP contribution in [0.5, 0.6) is 0 Å². The van der Waals surface area contributed by atoms with Crippen molar-refractivity contribution in [3.8, 4) is 0 Å². The van der Waals surface area contributed by atoms with Crippen molar-refractivity contribution in [2.45, 2.75) is 58.9 Å². The summed E-state index contributed by atoms with van der Waals surface area (Å²) in [6.07, 6.45) is 0.877. The first-order valence-electron chi connectivity index (χ1n) is 10.8. The van der Waals surface area contributed by atoms with Gasteiger partial charge in [-0.1, -0.05) is 57.2 Å². The van der Waals surface area contributed by atoms with Gasteiger partial charge in [-0.3, -0.25) is 9.48 Å². The quantitative estimate of drug-likeness (QED) is 0.574. The van der Waals surface area contributed by atoms with Gasteiger partial charge in [0.05, 0.1) is 23.6 Å². The Morgan fingerprint density at radius 3 is 2.35 bits per heavy atom. The van der Waals surface area contributed by atoms with Gasteiger partial charge in [-0.2, -0.15) is 5.10 Å². The number of aryl methyl sites for hydroxylation is 1. The molecule has 1 aliphatic rings. The first kappa shape index (κ1) is 21.3. The molecule has 1 heterocycles. The molecule has 1 amide bonds. The molecule has 5 heteroatoms. The average molecular weight is 420 g/mol. The maximum Gasteiger partial charge on any atom is 0.228 e. The zero-order valence-corrected chi connectivity index (χ0v) is 18.9. The predicted molar refractivity (Wildman–Crippen MR) is 122 cm³/mol. The van der Waals surface area contributed by atoms with Crippen LogP contribution in [0.15, 0.2) is 48.5 Å². The fourth-order valence-electron chi connectivity index (χ4n) is 4.09. The van der Waals surface area contributed by atoms with E-state index in [4.69, 9.17) is 0 Å². The number of aromatic nitrogens is 2. The van der Waals surface area contributed by atoms with Crippen molar-refractivity contribution in [2.75, 3.05) is 5.32 Å². The van der Waals surface area contributed by atoms with Crippen molar-refractivity contribution in [3.63, 3.8) is 0 Å². The molecular formula is C26H30FN3O. The molecule has 31 heavy (non-hydrogen) atoms. The Balaban J connectivity index is 1.42. The molecule has 1 N–H and O–H groups in total. The van der Waals surface area contributed by atoms with E-state index >= 15 is 0 Å². The Kier molecular flexibility index (Phi) is 5.46. The number of hydrogen-bond acceptors (Lipinski definition) is 2. The van der Waals surface area contributed by atoms with Gasteiger partial charge < -0.3 is 5.32 Å². The predicted octanol–water partition coefficient (Wildman–Crippen LogP) is 5.73. The van der Waals surface area contributed by atoms with Crippen molar-refractivity contribution in [1.82, 2.24) is 9.78 Å². The van der Waals surface area contributed by atoms with E-state index in [0.29, 0.717) is 6.54 Å². The molecule has 0 spiro atoms. The summed E-state index contributed by atoms with van der Waals surface area (Å²) in [5.41, 5.74) is 6.10. The standard InChI is InChI=1S/C26H30FN3O/c1-16-24(17(2)30(29-16)15-18-6-12-21(27)13-7-18)28-25(31)23-14-22(23)19-8-10-20(11-9-19)26(3,4)5/h6-13,22-23H,14-15H2,1-5H3,(H,28,31)/t22-,23+/m1/s1. The van der Waals surface area contributed by atoms with Crippen molar-refractivity contribution >= 4 is 11.6 Å². The minimum atomic E-state index is -0.253. The molecule has 0 radical (unpaired) electrons. The summed E-state index contributed by atoms with van der Waals surface area (Å²) >= 11 is 0. The van der Waals surface area contributed by atoms with Gasteiger partial charge in [0.25, 0.3) is 0 Å². The second-order valence-corrected chi connectivity index (χ2v) is 9.64. The third kappa shape index (κ3) is 4.55. The summed E-state index contributed by atoms with van der Waals surface area (Å²) in [6, 6.07) is 15.1. The second kappa shape index (κ2) is 7.95. The Hall–Kier alpha value is -2.95. The van der Waals surface area contributed by atoms with E-state index in [1.54, 1.807) is 12.1 Å². The van der Waals surface area contributed by atoms with Gasteiger partial charge in [0.1, 0.15) is 5.82 Å². The summed E-state index contributed by atoms with van der Waals surface area (Å²) < 4.78 is 15.0. The molecule has 0 saturated heterocycles. The van der Waals surface area contributed by atoms with Gasteiger partial charge in [0, 0.05) is 5.92 Å². The maximum absolute atomic E-state index is 13.2. The fourth-order valence-corrected chi connectivity index (χ4v) is 4.09. The highest BCUT2D eigenvalue weighted by Crippen LogP contribution is 2.48. The molecule has 1 fully saturated rings. The Morgan fingerprint density at radius 2 is 1.74 bits per heavy atom. The van der Waals surface area contributed by atoms with Crippen LogP contribution < -0.4 is 5.32 Å². The minimum Gasteiger partial charge on any atom is -0.323 e. The number of carbonyl (C=O) groups is 1. The normalized spacial score (nSPS) is 18.1. The lowest BCUT2D eigenvalue weighted by atomic mass is 9.86. The number of rotatable bonds is 5. The molecule has 4 rings (SSSR count). The van der Waals surface area contributed by atoms with Crippen molar-refractivity contribution in [3.05, 3.63) is 82.4 Å². The zero-order chi connectivity index (χ0) is 22.3. The smallest absolute Gasteiger partial charge is 0.228 e. The largest absolute Gasteiger partial charge is 0.323 e. The summed E-state index contributed by atoms with van der Waals surface area (Å²) in [7, 11) is 0. The molecule has 1 aromatic heterocycles. The SMILES string of the molecule is Cc1nn(Cc2ccc(F)cc2)c(C)c1NC(=O)[C@H]1C[C@@H]1c1ccc(C(C)(C)C)cc1. The van der Waals surface area contributed by atoms with E-state index in [9.17, 15) is 9.18 Å². The van der Waals surface area contributed by atoms with Crippen LogP contribution in [0, 0.1) is 25.6 Å². The molecule has 0 unspecified atom stereocenters. The molecule has 0 bridgehead atoms. The number of benzene rings is 2. The number of amides is 1. The van der Waals surface area contributed by atoms with Crippen LogP contribution in [0.25, 0.3) is 0 Å². The molecular weight excluding hydrogens is 389 g/mol. The molecule has 162 valence electrons. The van der Waals surface area contributed by atoms with Crippen LogP contribution in [0.1, 0.15) is 61.2 Å². The maximum atomic E-state index is 13.2. The van der Waals surface area contributed by atoms with Crippen molar-refractivity contribution < 1.29 is 9.18 Å². The highest BCUT2D eigenvalue weighted by molar-refractivity contribution is 5.96. The molecule has 4 nitrogen and oxygen atoms in total. The average Bonchev–Trinajstić information content (AvgIpc) is 3.48. The first-order valence-corrected chi connectivity index (χ1v) is 10.8. The minimum absolute atomic E-state index is 0.000245. The van der Waals surface area contributed by atoms with E-state index in [0.717, 1.165) is 29.1 Å². The van der Waals surface area contributed by atoms with Gasteiger partial charge in [-0.05, 0) is 60.4 Å². The molecule has 1 saturated carbocycles. The van der Waals surface area contributed by atoms with E-state index in [1.165, 1.54) is 23.3 Å². The highest BCUT2D eigenvalue weighted by Gasteiger charge is 2.44. The summed E-state index contributed by atoms with van der Waals surface area (Å²) in [6.45, 7) is 11.0. The lowest BCUT2D eigenvalue weighted by Gasteiger charge is -2.19. The monoisotopic (exact) mass is 419 g/mol. The molecule has 1 aliphatic carbocycles. The van der Waals surface area contributed by atoms with Crippen LogP contribution in [0.4, 0.5) is 10.1 Å². The highest BCUT2D eigenvalue weighted by atomic mass is 19.1. The summed E-state index contributed by atoms with van der Waals surface area (Å²) in [4.78, 5) is 12.9. The second-order valence-electron chi connectivity index (χ2n) is 9.64. The Bertz CT molecular complexity index is 1090. The number of anilines is 1. The van der Waals surface area contributed by atoms with Crippen LogP contribution >= 0.6 is 0 Å². The van der Waals surface area contributed by atoms with Crippen LogP contribution in [-0.4, -0.2) is 15.7 Å². The molecule has 2 aromatic carbocycles. The number of carbonyl (C=O) groups excluding carboxylic acids is 1. The zero-order valence-electron chi connectivity index (χ0n) is 18.9. The van der Waals surface area contributed by atoms with Gasteiger partial charge >= 0.3 is 0 Å². The molecule has 3 aromatic rings. The number of halogens is 1. The first-order chi connectivity index (χ1) is 14.6. The fraction of sp³-hybridized carbons (Fsp3) is 0.385. The number of hydrogen-bond donors (Lipinski definition) is 1. The van der Waals surface area contributed by atoms with E-state index in [-0.39, 0.29) is 29.0 Å². The third-order valence-corrected chi connectivity index (χ3v) is 6.21. The van der Waals surface area contributed by atoms with Crippen molar-refractivity contribution in [2.24, 2.45) is 5.92 Å². The Labute approximate surface area is 183 Å². The molecule has 2 atom stereocenters. The van der Waals surface area contributed by atoms with E-state index in [2.05, 4.69) is 55.5 Å². The van der Waals surface area contributed by atoms with Gasteiger partial charge in [-0.15, -0.1) is 0 Å². The van der Waals surface area contributed by atoms with Crippen LogP contribution in [0.3, 0.4) is 0 Å². The topological polar surface area (TPSA) is 46.9 Å². The van der Waals surface area contributed by atoms with E-state index < -0.39 is 0 Å². The van der Waals surface area contributed by atoms with Gasteiger partial charge in [0.2, 0.25) is 5.91 Å². The molecule has 0 aliphatic heterocycles. The van der Waals surface area contributed by atoms with Crippen LogP contribution in [0.2, 0.25) is 0 Å². The van der Waals surface area contributed by atoms with Crippen LogP contribution in [-0.2, 0) is 16.8 Å². The lowest BCUT2D eigenvalue weighted by molar-refractivity contribution is -0.117. The van der Waals surface area contributed by atoms with Crippen molar-refractivity contribution in [1.29, 1.82) is 0 Å².